The summed E-state index contributed by atoms with van der Waals surface area (Å²) in [5.74, 6) is 0.239. The summed E-state index contributed by atoms with van der Waals surface area (Å²) in [7, 11) is 0. The van der Waals surface area contributed by atoms with Crippen molar-refractivity contribution in [1.29, 1.82) is 0 Å². The van der Waals surface area contributed by atoms with E-state index in [1.165, 1.54) is 29.7 Å². The summed E-state index contributed by atoms with van der Waals surface area (Å²) in [6.07, 6.45) is 4.90. The SMILES string of the molecule is C[C@H]1CN(C(=O)c2cc3c(s2)CCCC3)CCN1. The number of thiophene rings is 1. The molecule has 1 aliphatic heterocycles. The maximum absolute atomic E-state index is 12.5. The van der Waals surface area contributed by atoms with Gasteiger partial charge in [0, 0.05) is 30.6 Å². The van der Waals surface area contributed by atoms with E-state index in [0.29, 0.717) is 6.04 Å². The molecule has 0 aromatic carbocycles. The van der Waals surface area contributed by atoms with E-state index >= 15 is 0 Å². The molecule has 1 N–H and O–H groups in total. The quantitative estimate of drug-likeness (QED) is 0.842. The predicted octanol–water partition coefficient (Wildman–Crippen LogP) is 2.06. The van der Waals surface area contributed by atoms with Crippen molar-refractivity contribution in [3.63, 3.8) is 0 Å². The van der Waals surface area contributed by atoms with Crippen LogP contribution in [-0.4, -0.2) is 36.5 Å². The molecule has 1 saturated heterocycles. The van der Waals surface area contributed by atoms with Gasteiger partial charge in [-0.05, 0) is 44.2 Å². The van der Waals surface area contributed by atoms with Crippen LogP contribution < -0.4 is 5.32 Å². The Morgan fingerprint density at radius 2 is 2.28 bits per heavy atom. The number of nitrogens with one attached hydrogen (secondary N) is 1. The molecule has 0 bridgehead atoms. The van der Waals surface area contributed by atoms with Gasteiger partial charge in [0.15, 0.2) is 0 Å². The summed E-state index contributed by atoms with van der Waals surface area (Å²) >= 11 is 1.73. The van der Waals surface area contributed by atoms with Crippen LogP contribution in [0.25, 0.3) is 0 Å². The van der Waals surface area contributed by atoms with E-state index in [1.807, 2.05) is 4.90 Å². The van der Waals surface area contributed by atoms with Crippen molar-refractivity contribution in [2.75, 3.05) is 19.6 Å². The van der Waals surface area contributed by atoms with Gasteiger partial charge in [-0.2, -0.15) is 0 Å². The molecule has 0 unspecified atom stereocenters. The van der Waals surface area contributed by atoms with Gasteiger partial charge in [0.2, 0.25) is 0 Å². The largest absolute Gasteiger partial charge is 0.335 e. The smallest absolute Gasteiger partial charge is 0.264 e. The van der Waals surface area contributed by atoms with E-state index in [-0.39, 0.29) is 5.91 Å². The minimum Gasteiger partial charge on any atom is -0.335 e. The molecule has 1 fully saturated rings. The molecule has 1 aromatic rings. The number of piperazine rings is 1. The molecule has 3 nitrogen and oxygen atoms in total. The molecule has 1 atom stereocenters. The number of hydrogen-bond donors (Lipinski definition) is 1. The Hall–Kier alpha value is -0.870. The first-order valence-corrected chi connectivity index (χ1v) is 7.70. The molecule has 18 heavy (non-hydrogen) atoms. The fraction of sp³-hybridized carbons (Fsp3) is 0.643. The number of fused-ring (bicyclic) bond motifs is 1. The van der Waals surface area contributed by atoms with Crippen LogP contribution in [0, 0.1) is 0 Å². The normalized spacial score (nSPS) is 23.8. The Labute approximate surface area is 112 Å². The highest BCUT2D eigenvalue weighted by atomic mass is 32.1. The van der Waals surface area contributed by atoms with E-state index < -0.39 is 0 Å². The van der Waals surface area contributed by atoms with Crippen LogP contribution >= 0.6 is 11.3 Å². The maximum atomic E-state index is 12.5. The van der Waals surface area contributed by atoms with Gasteiger partial charge in [0.25, 0.3) is 5.91 Å². The Balaban J connectivity index is 1.77. The maximum Gasteiger partial charge on any atom is 0.264 e. The third-order valence-corrected chi connectivity index (χ3v) is 5.09. The highest BCUT2D eigenvalue weighted by Crippen LogP contribution is 2.30. The van der Waals surface area contributed by atoms with Gasteiger partial charge in [-0.15, -0.1) is 11.3 Å². The molecular weight excluding hydrogens is 244 g/mol. The van der Waals surface area contributed by atoms with Gasteiger partial charge in [-0.25, -0.2) is 0 Å². The third-order valence-electron chi connectivity index (χ3n) is 3.86. The third kappa shape index (κ3) is 2.31. The highest BCUT2D eigenvalue weighted by Gasteiger charge is 2.24. The number of aryl methyl sites for hydroxylation is 2. The van der Waals surface area contributed by atoms with Crippen LogP contribution in [0.4, 0.5) is 0 Å². The summed E-state index contributed by atoms with van der Waals surface area (Å²) in [5, 5.41) is 3.38. The number of rotatable bonds is 1. The number of hydrogen-bond acceptors (Lipinski definition) is 3. The molecule has 0 radical (unpaired) electrons. The van der Waals surface area contributed by atoms with Gasteiger partial charge < -0.3 is 10.2 Å². The van der Waals surface area contributed by atoms with Crippen molar-refractivity contribution in [3.8, 4) is 0 Å². The standard InChI is InChI=1S/C14H20N2OS/c1-10-9-16(7-6-15-10)14(17)13-8-11-4-2-3-5-12(11)18-13/h8,10,15H,2-7,9H2,1H3/t10-/m0/s1. The zero-order chi connectivity index (χ0) is 12.5. The average molecular weight is 264 g/mol. The van der Waals surface area contributed by atoms with E-state index in [1.54, 1.807) is 11.3 Å². The van der Waals surface area contributed by atoms with Crippen LogP contribution in [0.2, 0.25) is 0 Å². The summed E-state index contributed by atoms with van der Waals surface area (Å²) in [6.45, 7) is 4.73. The molecule has 1 aliphatic carbocycles. The van der Waals surface area contributed by atoms with Crippen molar-refractivity contribution in [2.24, 2.45) is 0 Å². The molecule has 1 amide bonds. The van der Waals surface area contributed by atoms with Crippen LogP contribution in [0.1, 0.15) is 39.9 Å². The average Bonchev–Trinajstić information content (AvgIpc) is 2.81. The van der Waals surface area contributed by atoms with Crippen molar-refractivity contribution >= 4 is 17.2 Å². The van der Waals surface area contributed by atoms with E-state index in [0.717, 1.165) is 30.9 Å². The molecule has 98 valence electrons. The summed E-state index contributed by atoms with van der Waals surface area (Å²) < 4.78 is 0. The lowest BCUT2D eigenvalue weighted by Crippen LogP contribution is -2.51. The lowest BCUT2D eigenvalue weighted by molar-refractivity contribution is 0.0714. The number of carbonyl (C=O) groups excluding carboxylic acids is 1. The van der Waals surface area contributed by atoms with E-state index in [4.69, 9.17) is 0 Å². The van der Waals surface area contributed by atoms with Crippen molar-refractivity contribution < 1.29 is 4.79 Å². The number of carbonyl (C=O) groups is 1. The molecule has 0 saturated carbocycles. The fourth-order valence-electron chi connectivity index (χ4n) is 2.87. The van der Waals surface area contributed by atoms with Gasteiger partial charge in [0.1, 0.15) is 0 Å². The second-order valence-corrected chi connectivity index (χ2v) is 6.51. The second kappa shape index (κ2) is 5.02. The number of amides is 1. The van der Waals surface area contributed by atoms with Crippen LogP contribution in [-0.2, 0) is 12.8 Å². The topological polar surface area (TPSA) is 32.3 Å². The first-order chi connectivity index (χ1) is 8.74. The molecule has 0 spiro atoms. The van der Waals surface area contributed by atoms with Crippen LogP contribution in [0.5, 0.6) is 0 Å². The van der Waals surface area contributed by atoms with E-state index in [2.05, 4.69) is 18.3 Å². The van der Waals surface area contributed by atoms with Crippen LogP contribution in [0.3, 0.4) is 0 Å². The lowest BCUT2D eigenvalue weighted by atomic mass is 9.99. The molecule has 4 heteroatoms. The zero-order valence-corrected chi connectivity index (χ0v) is 11.7. The monoisotopic (exact) mass is 264 g/mol. The van der Waals surface area contributed by atoms with Crippen molar-refractivity contribution in [2.45, 2.75) is 38.6 Å². The Bertz CT molecular complexity index is 431. The van der Waals surface area contributed by atoms with Crippen molar-refractivity contribution in [3.05, 3.63) is 21.4 Å². The molecule has 2 heterocycles. The Morgan fingerprint density at radius 1 is 1.44 bits per heavy atom. The second-order valence-electron chi connectivity index (χ2n) is 5.37. The zero-order valence-electron chi connectivity index (χ0n) is 10.9. The minimum atomic E-state index is 0.239. The van der Waals surface area contributed by atoms with Gasteiger partial charge in [-0.3, -0.25) is 4.79 Å². The molecule has 1 aromatic heterocycles. The first kappa shape index (κ1) is 12.2. The summed E-state index contributed by atoms with van der Waals surface area (Å²) in [5.41, 5.74) is 1.43. The lowest BCUT2D eigenvalue weighted by Gasteiger charge is -2.31. The Kier molecular flexibility index (Phi) is 3.39. The predicted molar refractivity (Wildman–Crippen MR) is 74.3 cm³/mol. The molecular formula is C14H20N2OS. The minimum absolute atomic E-state index is 0.239. The Morgan fingerprint density at radius 3 is 3.06 bits per heavy atom. The highest BCUT2D eigenvalue weighted by molar-refractivity contribution is 7.14. The van der Waals surface area contributed by atoms with Gasteiger partial charge in [-0.1, -0.05) is 0 Å². The first-order valence-electron chi connectivity index (χ1n) is 6.88. The van der Waals surface area contributed by atoms with Crippen LogP contribution in [0.15, 0.2) is 6.07 Å². The molecule has 2 aliphatic rings. The summed E-state index contributed by atoms with van der Waals surface area (Å²) in [4.78, 5) is 16.9. The van der Waals surface area contributed by atoms with E-state index in [9.17, 15) is 4.79 Å². The fourth-order valence-corrected chi connectivity index (χ4v) is 4.09. The van der Waals surface area contributed by atoms with Gasteiger partial charge >= 0.3 is 0 Å². The molecule has 3 rings (SSSR count). The van der Waals surface area contributed by atoms with Crippen molar-refractivity contribution in [1.82, 2.24) is 10.2 Å². The van der Waals surface area contributed by atoms with Gasteiger partial charge in [0.05, 0.1) is 4.88 Å². The summed E-state index contributed by atoms with van der Waals surface area (Å²) in [6, 6.07) is 2.56. The number of nitrogens with zero attached hydrogens (tertiary/aromatic N) is 1.